The molecule has 8 heteroatoms. The Balaban J connectivity index is 1.75. The second kappa shape index (κ2) is 9.75. The van der Waals surface area contributed by atoms with Gasteiger partial charge < -0.3 is 14.8 Å². The van der Waals surface area contributed by atoms with Crippen molar-refractivity contribution in [3.63, 3.8) is 0 Å². The number of hydrogen-bond donors (Lipinski definition) is 1. The number of hydrogen-bond acceptors (Lipinski definition) is 5. The molecule has 7 nitrogen and oxygen atoms in total. The third-order valence-electron chi connectivity index (χ3n) is 4.24. The Morgan fingerprint density at radius 3 is 2.69 bits per heavy atom. The number of rotatable bonds is 8. The lowest BCUT2D eigenvalue weighted by atomic mass is 10.1. The highest BCUT2D eigenvalue weighted by molar-refractivity contribution is 6.32. The molecule has 1 aromatic heterocycles. The van der Waals surface area contributed by atoms with Crippen molar-refractivity contribution in [1.82, 2.24) is 20.1 Å². The SMILES string of the molecule is COc1cc(/C=C/C(=O)NC(Cn2cncn2)c2ccccc2)cc(Cl)c1OC. The molecule has 29 heavy (non-hydrogen) atoms. The molecule has 0 aliphatic rings. The maximum atomic E-state index is 12.6. The maximum absolute atomic E-state index is 12.6. The van der Waals surface area contributed by atoms with E-state index in [1.165, 1.54) is 26.6 Å². The van der Waals surface area contributed by atoms with Crippen molar-refractivity contribution in [2.45, 2.75) is 12.6 Å². The fourth-order valence-electron chi connectivity index (χ4n) is 2.86. The van der Waals surface area contributed by atoms with E-state index in [0.29, 0.717) is 23.1 Å². The summed E-state index contributed by atoms with van der Waals surface area (Å²) in [5.74, 6) is 0.700. The number of methoxy groups -OCH3 is 2. The van der Waals surface area contributed by atoms with Gasteiger partial charge in [0.05, 0.1) is 31.8 Å². The predicted octanol–water partition coefficient (Wildman–Crippen LogP) is 3.52. The van der Waals surface area contributed by atoms with Gasteiger partial charge in [0, 0.05) is 6.08 Å². The van der Waals surface area contributed by atoms with Crippen molar-refractivity contribution in [2.75, 3.05) is 14.2 Å². The van der Waals surface area contributed by atoms with Crippen molar-refractivity contribution < 1.29 is 14.3 Å². The summed E-state index contributed by atoms with van der Waals surface area (Å²) in [7, 11) is 3.05. The van der Waals surface area contributed by atoms with E-state index in [9.17, 15) is 4.79 Å². The van der Waals surface area contributed by atoms with Crippen LogP contribution in [0.2, 0.25) is 5.02 Å². The fraction of sp³-hybridized carbons (Fsp3) is 0.190. The van der Waals surface area contributed by atoms with Crippen LogP contribution >= 0.6 is 11.6 Å². The van der Waals surface area contributed by atoms with Gasteiger partial charge in [-0.15, -0.1) is 0 Å². The van der Waals surface area contributed by atoms with Crippen LogP contribution in [0.15, 0.2) is 61.2 Å². The Labute approximate surface area is 173 Å². The highest BCUT2D eigenvalue weighted by Gasteiger charge is 2.15. The molecule has 1 atom stereocenters. The fourth-order valence-corrected chi connectivity index (χ4v) is 3.16. The van der Waals surface area contributed by atoms with Crippen molar-refractivity contribution in [1.29, 1.82) is 0 Å². The predicted molar refractivity (Wildman–Crippen MR) is 111 cm³/mol. The van der Waals surface area contributed by atoms with E-state index in [1.807, 2.05) is 30.3 Å². The average Bonchev–Trinajstić information content (AvgIpc) is 3.25. The zero-order chi connectivity index (χ0) is 20.6. The normalized spacial score (nSPS) is 12.0. The first-order chi connectivity index (χ1) is 14.1. The van der Waals surface area contributed by atoms with Gasteiger partial charge in [-0.25, -0.2) is 4.98 Å². The highest BCUT2D eigenvalue weighted by atomic mass is 35.5. The van der Waals surface area contributed by atoms with E-state index in [-0.39, 0.29) is 11.9 Å². The zero-order valence-corrected chi connectivity index (χ0v) is 16.8. The molecule has 1 unspecified atom stereocenters. The number of carbonyl (C=O) groups is 1. The van der Waals surface area contributed by atoms with Crippen LogP contribution < -0.4 is 14.8 Å². The number of nitrogens with one attached hydrogen (secondary N) is 1. The van der Waals surface area contributed by atoms with Gasteiger partial charge in [-0.1, -0.05) is 41.9 Å². The van der Waals surface area contributed by atoms with Crippen LogP contribution in [0.1, 0.15) is 17.2 Å². The molecule has 0 aliphatic carbocycles. The Morgan fingerprint density at radius 2 is 2.03 bits per heavy atom. The number of nitrogens with zero attached hydrogens (tertiary/aromatic N) is 3. The lowest BCUT2D eigenvalue weighted by Crippen LogP contribution is -2.30. The summed E-state index contributed by atoms with van der Waals surface area (Å²) in [4.78, 5) is 16.5. The molecule has 3 rings (SSSR count). The summed E-state index contributed by atoms with van der Waals surface area (Å²) in [5.41, 5.74) is 1.69. The van der Waals surface area contributed by atoms with Gasteiger partial charge in [0.25, 0.3) is 0 Å². The van der Waals surface area contributed by atoms with Crippen LogP contribution in [0.5, 0.6) is 11.5 Å². The van der Waals surface area contributed by atoms with E-state index < -0.39 is 0 Å². The molecule has 1 heterocycles. The first-order valence-corrected chi connectivity index (χ1v) is 9.26. The molecule has 2 aromatic carbocycles. The van der Waals surface area contributed by atoms with Crippen molar-refractivity contribution in [2.24, 2.45) is 0 Å². The maximum Gasteiger partial charge on any atom is 0.244 e. The molecule has 1 amide bonds. The van der Waals surface area contributed by atoms with Gasteiger partial charge in [0.1, 0.15) is 12.7 Å². The third kappa shape index (κ3) is 5.36. The minimum Gasteiger partial charge on any atom is -0.493 e. The summed E-state index contributed by atoms with van der Waals surface area (Å²) in [6.07, 6.45) is 6.20. The molecule has 0 saturated heterocycles. The standard InChI is InChI=1S/C21H21ClN4O3/c1-28-19-11-15(10-17(22)21(19)29-2)8-9-20(27)25-18(12-26-14-23-13-24-26)16-6-4-3-5-7-16/h3-11,13-14,18H,12H2,1-2H3,(H,25,27)/b9-8+. The first-order valence-electron chi connectivity index (χ1n) is 8.88. The molecule has 0 aliphatic heterocycles. The van der Waals surface area contributed by atoms with E-state index >= 15 is 0 Å². The van der Waals surface area contributed by atoms with Crippen LogP contribution in [0, 0.1) is 0 Å². The van der Waals surface area contributed by atoms with Crippen LogP contribution in [0.4, 0.5) is 0 Å². The largest absolute Gasteiger partial charge is 0.493 e. The second-order valence-electron chi connectivity index (χ2n) is 6.16. The number of halogens is 1. The summed E-state index contributed by atoms with van der Waals surface area (Å²) in [5, 5.41) is 7.53. The molecule has 0 saturated carbocycles. The lowest BCUT2D eigenvalue weighted by Gasteiger charge is -2.18. The van der Waals surface area contributed by atoms with Gasteiger partial charge in [-0.3, -0.25) is 9.48 Å². The third-order valence-corrected chi connectivity index (χ3v) is 4.52. The summed E-state index contributed by atoms with van der Waals surface area (Å²) >= 11 is 6.22. The molecule has 150 valence electrons. The number of benzene rings is 2. The Hall–Kier alpha value is -3.32. The van der Waals surface area contributed by atoms with Crippen molar-refractivity contribution in [3.8, 4) is 11.5 Å². The molecular weight excluding hydrogens is 392 g/mol. The Kier molecular flexibility index (Phi) is 6.86. The quantitative estimate of drug-likeness (QED) is 0.573. The zero-order valence-electron chi connectivity index (χ0n) is 16.1. The average molecular weight is 413 g/mol. The van der Waals surface area contributed by atoms with Crippen LogP contribution in [0.3, 0.4) is 0 Å². The Morgan fingerprint density at radius 1 is 1.24 bits per heavy atom. The molecular formula is C21H21ClN4O3. The smallest absolute Gasteiger partial charge is 0.244 e. The lowest BCUT2D eigenvalue weighted by molar-refractivity contribution is -0.117. The Bertz CT molecular complexity index is 975. The summed E-state index contributed by atoms with van der Waals surface area (Å²) in [6, 6.07) is 12.9. The van der Waals surface area contributed by atoms with Gasteiger partial charge in [0.15, 0.2) is 11.5 Å². The molecule has 3 aromatic rings. The van der Waals surface area contributed by atoms with E-state index in [0.717, 1.165) is 11.1 Å². The monoisotopic (exact) mass is 412 g/mol. The van der Waals surface area contributed by atoms with E-state index in [2.05, 4.69) is 15.4 Å². The second-order valence-corrected chi connectivity index (χ2v) is 6.57. The minimum absolute atomic E-state index is 0.245. The summed E-state index contributed by atoms with van der Waals surface area (Å²) in [6.45, 7) is 0.464. The topological polar surface area (TPSA) is 78.3 Å². The molecule has 0 bridgehead atoms. The van der Waals surface area contributed by atoms with Gasteiger partial charge >= 0.3 is 0 Å². The molecule has 0 radical (unpaired) electrons. The van der Waals surface area contributed by atoms with Crippen LogP contribution in [-0.2, 0) is 11.3 Å². The number of carbonyl (C=O) groups excluding carboxylic acids is 1. The molecule has 0 spiro atoms. The van der Waals surface area contributed by atoms with Gasteiger partial charge in [-0.05, 0) is 29.3 Å². The van der Waals surface area contributed by atoms with Crippen molar-refractivity contribution >= 4 is 23.6 Å². The number of aromatic nitrogens is 3. The highest BCUT2D eigenvalue weighted by Crippen LogP contribution is 2.36. The summed E-state index contributed by atoms with van der Waals surface area (Å²) < 4.78 is 12.2. The van der Waals surface area contributed by atoms with Crippen molar-refractivity contribution in [3.05, 3.63) is 77.3 Å². The number of amides is 1. The van der Waals surface area contributed by atoms with E-state index in [4.69, 9.17) is 21.1 Å². The first kappa shape index (κ1) is 20.4. The number of ether oxygens (including phenoxy) is 2. The minimum atomic E-state index is -0.260. The molecule has 1 N–H and O–H groups in total. The molecule has 0 fully saturated rings. The van der Waals surface area contributed by atoms with Gasteiger partial charge in [-0.2, -0.15) is 5.10 Å². The van der Waals surface area contributed by atoms with Crippen LogP contribution in [0.25, 0.3) is 6.08 Å². The van der Waals surface area contributed by atoms with E-state index in [1.54, 1.807) is 29.2 Å². The van der Waals surface area contributed by atoms with Crippen LogP contribution in [-0.4, -0.2) is 34.9 Å². The van der Waals surface area contributed by atoms with Gasteiger partial charge in [0.2, 0.25) is 5.91 Å².